The Balaban J connectivity index is 0.00000161. The highest BCUT2D eigenvalue weighted by Crippen LogP contribution is 2.40. The van der Waals surface area contributed by atoms with E-state index in [0.29, 0.717) is 18.0 Å². The zero-order valence-electron chi connectivity index (χ0n) is 12.3. The maximum Gasteiger partial charge on any atom is 0.243 e. The molecule has 2 aliphatic rings. The van der Waals surface area contributed by atoms with E-state index in [-0.39, 0.29) is 17.8 Å². The summed E-state index contributed by atoms with van der Waals surface area (Å²) in [6, 6.07) is 7.22. The van der Waals surface area contributed by atoms with Gasteiger partial charge in [0.2, 0.25) is 10.0 Å². The Morgan fingerprint density at radius 1 is 1.19 bits per heavy atom. The van der Waals surface area contributed by atoms with Crippen molar-refractivity contribution >= 4 is 22.4 Å². The lowest BCUT2D eigenvalue weighted by Crippen LogP contribution is -2.39. The third kappa shape index (κ3) is 3.26. The molecule has 4 nitrogen and oxygen atoms in total. The fourth-order valence-corrected chi connectivity index (χ4v) is 5.05. The molecule has 1 aromatic carbocycles. The average Bonchev–Trinajstić information content (AvgIpc) is 2.84. The van der Waals surface area contributed by atoms with E-state index in [9.17, 15) is 8.42 Å². The first-order valence-electron chi connectivity index (χ1n) is 7.30. The van der Waals surface area contributed by atoms with Gasteiger partial charge in [0.05, 0.1) is 4.90 Å². The minimum Gasteiger partial charge on any atom is -0.317 e. The Kier molecular flexibility index (Phi) is 4.98. The molecule has 0 aliphatic carbocycles. The number of sulfonamides is 1. The topological polar surface area (TPSA) is 49.4 Å². The second kappa shape index (κ2) is 6.24. The fraction of sp³-hybridized carbons (Fsp3) is 0.600. The van der Waals surface area contributed by atoms with Crippen molar-refractivity contribution in [3.63, 3.8) is 0 Å². The van der Waals surface area contributed by atoms with Crippen molar-refractivity contribution in [2.45, 2.75) is 31.1 Å². The average molecular weight is 331 g/mol. The van der Waals surface area contributed by atoms with E-state index in [0.717, 1.165) is 37.9 Å². The summed E-state index contributed by atoms with van der Waals surface area (Å²) in [7, 11) is -3.32. The molecule has 0 radical (unpaired) electrons. The highest BCUT2D eigenvalue weighted by atomic mass is 35.5. The van der Waals surface area contributed by atoms with E-state index in [4.69, 9.17) is 0 Å². The summed E-state index contributed by atoms with van der Waals surface area (Å²) in [5.41, 5.74) is 1.20. The molecular formula is C15H23ClN2O2S. The summed E-state index contributed by atoms with van der Waals surface area (Å²) in [6.45, 7) is 5.30. The number of nitrogens with one attached hydrogen (secondary N) is 1. The van der Waals surface area contributed by atoms with Gasteiger partial charge in [0.1, 0.15) is 0 Å². The molecule has 2 saturated heterocycles. The van der Waals surface area contributed by atoms with E-state index >= 15 is 0 Å². The number of hydrogen-bond donors (Lipinski definition) is 1. The molecule has 2 fully saturated rings. The minimum atomic E-state index is -3.32. The molecular weight excluding hydrogens is 308 g/mol. The zero-order valence-corrected chi connectivity index (χ0v) is 14.0. The van der Waals surface area contributed by atoms with E-state index in [1.807, 2.05) is 19.1 Å². The Labute approximate surface area is 133 Å². The summed E-state index contributed by atoms with van der Waals surface area (Å²) in [5, 5.41) is 3.36. The van der Waals surface area contributed by atoms with Gasteiger partial charge in [0, 0.05) is 13.1 Å². The molecule has 0 unspecified atom stereocenters. The molecule has 1 aromatic rings. The number of rotatable bonds is 2. The number of piperidine rings is 1. The molecule has 2 heterocycles. The van der Waals surface area contributed by atoms with Crippen LogP contribution in [0.1, 0.15) is 24.8 Å². The highest BCUT2D eigenvalue weighted by Gasteiger charge is 2.43. The summed E-state index contributed by atoms with van der Waals surface area (Å²) in [5.74, 6) is 0. The van der Waals surface area contributed by atoms with Gasteiger partial charge in [-0.25, -0.2) is 8.42 Å². The van der Waals surface area contributed by atoms with E-state index < -0.39 is 10.0 Å². The van der Waals surface area contributed by atoms with Crippen molar-refractivity contribution in [1.82, 2.24) is 9.62 Å². The third-order valence-electron chi connectivity index (χ3n) is 4.69. The largest absolute Gasteiger partial charge is 0.317 e. The maximum atomic E-state index is 12.7. The van der Waals surface area contributed by atoms with Crippen LogP contribution in [-0.2, 0) is 10.0 Å². The normalized spacial score (nSPS) is 22.1. The first-order valence-corrected chi connectivity index (χ1v) is 8.74. The third-order valence-corrected chi connectivity index (χ3v) is 6.54. The van der Waals surface area contributed by atoms with Crippen molar-refractivity contribution in [3.05, 3.63) is 29.8 Å². The number of hydrogen-bond acceptors (Lipinski definition) is 3. The van der Waals surface area contributed by atoms with Gasteiger partial charge in [-0.1, -0.05) is 12.1 Å². The zero-order chi connectivity index (χ0) is 14.2. The highest BCUT2D eigenvalue weighted by molar-refractivity contribution is 7.89. The van der Waals surface area contributed by atoms with E-state index in [1.165, 1.54) is 0 Å². The van der Waals surface area contributed by atoms with Gasteiger partial charge < -0.3 is 5.32 Å². The summed E-state index contributed by atoms with van der Waals surface area (Å²) in [4.78, 5) is 0.434. The van der Waals surface area contributed by atoms with Crippen molar-refractivity contribution < 1.29 is 8.42 Å². The first kappa shape index (κ1) is 16.7. The van der Waals surface area contributed by atoms with Crippen molar-refractivity contribution in [2.75, 3.05) is 26.2 Å². The van der Waals surface area contributed by atoms with Gasteiger partial charge in [-0.3, -0.25) is 0 Å². The van der Waals surface area contributed by atoms with Crippen LogP contribution in [0.4, 0.5) is 0 Å². The Hall–Kier alpha value is -0.620. The van der Waals surface area contributed by atoms with Crippen LogP contribution in [0.3, 0.4) is 0 Å². The lowest BCUT2D eigenvalue weighted by atomic mass is 9.78. The van der Waals surface area contributed by atoms with Crippen LogP contribution in [0.5, 0.6) is 0 Å². The molecule has 1 spiro atoms. The van der Waals surface area contributed by atoms with Crippen LogP contribution in [0.25, 0.3) is 0 Å². The molecule has 3 rings (SSSR count). The lowest BCUT2D eigenvalue weighted by Gasteiger charge is -2.33. The van der Waals surface area contributed by atoms with Crippen LogP contribution >= 0.6 is 12.4 Å². The predicted octanol–water partition coefficient (Wildman–Crippen LogP) is 2.18. The van der Waals surface area contributed by atoms with Gasteiger partial charge in [-0.15, -0.1) is 12.4 Å². The molecule has 0 amide bonds. The second-order valence-corrected chi connectivity index (χ2v) is 8.09. The molecule has 0 saturated carbocycles. The van der Waals surface area contributed by atoms with E-state index in [2.05, 4.69) is 5.32 Å². The molecule has 2 aliphatic heterocycles. The minimum absolute atomic E-state index is 0. The molecule has 0 bridgehead atoms. The van der Waals surface area contributed by atoms with E-state index in [1.54, 1.807) is 16.4 Å². The molecule has 1 N–H and O–H groups in total. The number of halogens is 1. The van der Waals surface area contributed by atoms with Crippen molar-refractivity contribution in [2.24, 2.45) is 5.41 Å². The predicted molar refractivity (Wildman–Crippen MR) is 86.3 cm³/mol. The van der Waals surface area contributed by atoms with Crippen molar-refractivity contribution in [3.8, 4) is 0 Å². The van der Waals surface area contributed by atoms with Crippen molar-refractivity contribution in [1.29, 1.82) is 0 Å². The summed E-state index contributed by atoms with van der Waals surface area (Å²) < 4.78 is 27.1. The first-order chi connectivity index (χ1) is 9.52. The van der Waals surface area contributed by atoms with Gasteiger partial charge in [-0.2, -0.15) is 4.31 Å². The standard InChI is InChI=1S/C15H22N2O2S.ClH/c1-13-3-2-4-14(11-13)20(18,19)17-10-7-15(12-17)5-8-16-9-6-15;/h2-4,11,16H,5-10,12H2,1H3;1H. The fourth-order valence-electron chi connectivity index (χ4n) is 3.39. The smallest absolute Gasteiger partial charge is 0.243 e. The lowest BCUT2D eigenvalue weighted by molar-refractivity contribution is 0.218. The molecule has 0 aromatic heterocycles. The van der Waals surface area contributed by atoms with Gasteiger partial charge in [-0.05, 0) is 62.4 Å². The van der Waals surface area contributed by atoms with Gasteiger partial charge in [0.25, 0.3) is 0 Å². The van der Waals surface area contributed by atoms with Crippen LogP contribution in [0.2, 0.25) is 0 Å². The summed E-state index contributed by atoms with van der Waals surface area (Å²) in [6.07, 6.45) is 3.18. The molecule has 21 heavy (non-hydrogen) atoms. The molecule has 0 atom stereocenters. The second-order valence-electron chi connectivity index (χ2n) is 6.16. The summed E-state index contributed by atoms with van der Waals surface area (Å²) >= 11 is 0. The Morgan fingerprint density at radius 3 is 2.57 bits per heavy atom. The van der Waals surface area contributed by atoms with Crippen LogP contribution in [0.15, 0.2) is 29.2 Å². The number of nitrogens with zero attached hydrogens (tertiary/aromatic N) is 1. The Bertz CT molecular complexity index is 597. The van der Waals surface area contributed by atoms with Crippen LogP contribution in [-0.4, -0.2) is 38.9 Å². The maximum absolute atomic E-state index is 12.7. The van der Waals surface area contributed by atoms with Crippen LogP contribution in [0, 0.1) is 12.3 Å². The SMILES string of the molecule is Cc1cccc(S(=O)(=O)N2CCC3(CCNCC3)C2)c1.Cl. The Morgan fingerprint density at radius 2 is 1.90 bits per heavy atom. The monoisotopic (exact) mass is 330 g/mol. The molecule has 118 valence electrons. The van der Waals surface area contributed by atoms with Gasteiger partial charge in [0.15, 0.2) is 0 Å². The molecule has 6 heteroatoms. The number of aryl methyl sites for hydroxylation is 1. The quantitative estimate of drug-likeness (QED) is 0.904. The number of benzene rings is 1. The van der Waals surface area contributed by atoms with Gasteiger partial charge >= 0.3 is 0 Å². The van der Waals surface area contributed by atoms with Crippen LogP contribution < -0.4 is 5.32 Å².